The van der Waals surface area contributed by atoms with Gasteiger partial charge in [-0.05, 0) is 94.0 Å². The minimum absolute atomic E-state index is 0.120. The summed E-state index contributed by atoms with van der Waals surface area (Å²) in [5, 5.41) is 2.57. The standard InChI is InChI=1S/C43H31N3/c1-43(2)37-13-5-3-11-33(37)35-21-22-36-34-12-4-6-16-40(34)46(42(36)41(35)43)32-19-17-28(18-20-32)29-25-30(38-14-7-9-23-44-38)27-31(26-29)39-15-8-10-24-45-39/h3-27H,1-2H3. The Labute approximate surface area is 268 Å². The molecule has 9 rings (SSSR count). The Morgan fingerprint density at radius 1 is 0.500 bits per heavy atom. The van der Waals surface area contributed by atoms with E-state index in [4.69, 9.17) is 0 Å². The summed E-state index contributed by atoms with van der Waals surface area (Å²) in [6, 6.07) is 50.1. The number of nitrogens with zero attached hydrogens (tertiary/aromatic N) is 3. The fraction of sp³-hybridized carbons (Fsp3) is 0.0698. The molecule has 3 nitrogen and oxygen atoms in total. The molecule has 1 aliphatic rings. The second-order valence-corrected chi connectivity index (χ2v) is 12.7. The van der Waals surface area contributed by atoms with Crippen LogP contribution in [0.4, 0.5) is 0 Å². The Morgan fingerprint density at radius 3 is 1.83 bits per heavy atom. The van der Waals surface area contributed by atoms with Crippen LogP contribution in [0.3, 0.4) is 0 Å². The molecule has 0 fully saturated rings. The van der Waals surface area contributed by atoms with Gasteiger partial charge in [0.2, 0.25) is 0 Å². The smallest absolute Gasteiger partial charge is 0.0702 e. The van der Waals surface area contributed by atoms with Crippen LogP contribution in [0.15, 0.2) is 152 Å². The van der Waals surface area contributed by atoms with E-state index in [1.807, 2.05) is 36.7 Å². The first-order valence-corrected chi connectivity index (χ1v) is 15.8. The Bertz CT molecular complexity index is 2360. The highest BCUT2D eigenvalue weighted by Crippen LogP contribution is 2.52. The molecule has 5 aromatic carbocycles. The maximum Gasteiger partial charge on any atom is 0.0702 e. The fourth-order valence-electron chi connectivity index (χ4n) is 7.54. The molecule has 0 amide bonds. The van der Waals surface area contributed by atoms with E-state index in [9.17, 15) is 0 Å². The third kappa shape index (κ3) is 3.98. The molecule has 1 aliphatic carbocycles. The van der Waals surface area contributed by atoms with Crippen LogP contribution in [0.5, 0.6) is 0 Å². The number of pyridine rings is 2. The van der Waals surface area contributed by atoms with E-state index in [-0.39, 0.29) is 5.41 Å². The molecular formula is C43H31N3. The van der Waals surface area contributed by atoms with Crippen LogP contribution in [0.1, 0.15) is 25.0 Å². The summed E-state index contributed by atoms with van der Waals surface area (Å²) in [5.41, 5.74) is 15.3. The lowest BCUT2D eigenvalue weighted by molar-refractivity contribution is 0.664. The highest BCUT2D eigenvalue weighted by molar-refractivity contribution is 6.13. The van der Waals surface area contributed by atoms with Crippen LogP contribution in [0.2, 0.25) is 0 Å². The molecule has 3 heterocycles. The quantitative estimate of drug-likeness (QED) is 0.204. The first-order chi connectivity index (χ1) is 22.6. The second-order valence-electron chi connectivity index (χ2n) is 12.7. The number of hydrogen-bond donors (Lipinski definition) is 0. The lowest BCUT2D eigenvalue weighted by atomic mass is 9.81. The average molecular weight is 590 g/mol. The molecule has 0 bridgehead atoms. The van der Waals surface area contributed by atoms with Gasteiger partial charge in [-0.2, -0.15) is 0 Å². The maximum absolute atomic E-state index is 4.66. The summed E-state index contributed by atoms with van der Waals surface area (Å²) in [6.07, 6.45) is 3.69. The number of benzene rings is 5. The molecular weight excluding hydrogens is 558 g/mol. The zero-order valence-electron chi connectivity index (χ0n) is 25.8. The monoisotopic (exact) mass is 589 g/mol. The van der Waals surface area contributed by atoms with Crippen LogP contribution in [0.25, 0.3) is 72.3 Å². The SMILES string of the molecule is CC1(C)c2ccccc2-c2ccc3c4ccccc4n(-c4ccc(-c5cc(-c6ccccn6)cc(-c6ccccn6)c5)cc4)c3c21. The summed E-state index contributed by atoms with van der Waals surface area (Å²) < 4.78 is 2.48. The van der Waals surface area contributed by atoms with Gasteiger partial charge in [0, 0.05) is 45.4 Å². The van der Waals surface area contributed by atoms with Gasteiger partial charge in [0.1, 0.15) is 0 Å². The number of hydrogen-bond acceptors (Lipinski definition) is 2. The van der Waals surface area contributed by atoms with Gasteiger partial charge in [-0.15, -0.1) is 0 Å². The van der Waals surface area contributed by atoms with Crippen molar-refractivity contribution in [3.8, 4) is 50.5 Å². The van der Waals surface area contributed by atoms with Crippen molar-refractivity contribution in [3.05, 3.63) is 163 Å². The lowest BCUT2D eigenvalue weighted by Gasteiger charge is -2.23. The van der Waals surface area contributed by atoms with Crippen molar-refractivity contribution in [2.75, 3.05) is 0 Å². The minimum atomic E-state index is -0.120. The maximum atomic E-state index is 4.66. The normalized spacial score (nSPS) is 13.2. The molecule has 0 radical (unpaired) electrons. The summed E-state index contributed by atoms with van der Waals surface area (Å²) >= 11 is 0. The Hall–Kier alpha value is -5.80. The van der Waals surface area contributed by atoms with Crippen LogP contribution < -0.4 is 0 Å². The number of fused-ring (bicyclic) bond motifs is 7. The van der Waals surface area contributed by atoms with E-state index in [1.54, 1.807) is 0 Å². The van der Waals surface area contributed by atoms with Gasteiger partial charge < -0.3 is 4.57 Å². The molecule has 0 saturated heterocycles. The molecule has 0 atom stereocenters. The number of aromatic nitrogens is 3. The van der Waals surface area contributed by atoms with E-state index in [1.165, 1.54) is 44.1 Å². The molecule has 46 heavy (non-hydrogen) atoms. The Balaban J connectivity index is 1.23. The summed E-state index contributed by atoms with van der Waals surface area (Å²) in [6.45, 7) is 4.74. The second kappa shape index (κ2) is 10.1. The van der Waals surface area contributed by atoms with E-state index in [2.05, 4.69) is 144 Å². The number of para-hydroxylation sites is 1. The average Bonchev–Trinajstić information content (AvgIpc) is 3.57. The first-order valence-electron chi connectivity index (χ1n) is 15.8. The summed E-state index contributed by atoms with van der Waals surface area (Å²) in [7, 11) is 0. The highest BCUT2D eigenvalue weighted by Gasteiger charge is 2.38. The topological polar surface area (TPSA) is 30.7 Å². The third-order valence-corrected chi connectivity index (χ3v) is 9.67. The minimum Gasteiger partial charge on any atom is -0.309 e. The van der Waals surface area contributed by atoms with E-state index < -0.39 is 0 Å². The van der Waals surface area contributed by atoms with E-state index >= 15 is 0 Å². The van der Waals surface area contributed by atoms with E-state index in [0.717, 1.165) is 39.3 Å². The van der Waals surface area contributed by atoms with Crippen molar-refractivity contribution in [1.82, 2.24) is 14.5 Å². The van der Waals surface area contributed by atoms with Crippen molar-refractivity contribution in [1.29, 1.82) is 0 Å². The van der Waals surface area contributed by atoms with Crippen molar-refractivity contribution < 1.29 is 0 Å². The zero-order valence-corrected chi connectivity index (χ0v) is 25.8. The predicted molar refractivity (Wildman–Crippen MR) is 190 cm³/mol. The molecule has 0 saturated carbocycles. The van der Waals surface area contributed by atoms with Crippen LogP contribution in [-0.4, -0.2) is 14.5 Å². The summed E-state index contributed by atoms with van der Waals surface area (Å²) in [5.74, 6) is 0. The molecule has 0 unspecified atom stereocenters. The predicted octanol–water partition coefficient (Wildman–Crippen LogP) is 10.9. The fourth-order valence-corrected chi connectivity index (χ4v) is 7.54. The zero-order chi connectivity index (χ0) is 30.8. The Kier molecular flexibility index (Phi) is 5.85. The van der Waals surface area contributed by atoms with Crippen LogP contribution in [0, 0.1) is 0 Å². The van der Waals surface area contributed by atoms with Gasteiger partial charge >= 0.3 is 0 Å². The van der Waals surface area contributed by atoms with Crippen LogP contribution >= 0.6 is 0 Å². The molecule has 3 heteroatoms. The van der Waals surface area contributed by atoms with Crippen molar-refractivity contribution in [2.24, 2.45) is 0 Å². The van der Waals surface area contributed by atoms with E-state index in [0.29, 0.717) is 0 Å². The van der Waals surface area contributed by atoms with Gasteiger partial charge in [-0.1, -0.05) is 92.7 Å². The molecule has 8 aromatic rings. The van der Waals surface area contributed by atoms with Gasteiger partial charge in [-0.3, -0.25) is 9.97 Å². The Morgan fingerprint density at radius 2 is 1.13 bits per heavy atom. The lowest BCUT2D eigenvalue weighted by Crippen LogP contribution is -2.16. The molecule has 0 aliphatic heterocycles. The third-order valence-electron chi connectivity index (χ3n) is 9.67. The number of rotatable bonds is 4. The first kappa shape index (κ1) is 26.6. The van der Waals surface area contributed by atoms with Crippen molar-refractivity contribution >= 4 is 21.8 Å². The van der Waals surface area contributed by atoms with Crippen molar-refractivity contribution in [2.45, 2.75) is 19.3 Å². The molecule has 0 spiro atoms. The van der Waals surface area contributed by atoms with Gasteiger partial charge in [0.15, 0.2) is 0 Å². The highest BCUT2D eigenvalue weighted by atomic mass is 15.0. The van der Waals surface area contributed by atoms with Gasteiger partial charge in [-0.25, -0.2) is 0 Å². The van der Waals surface area contributed by atoms with Gasteiger partial charge in [0.05, 0.1) is 22.4 Å². The molecule has 3 aromatic heterocycles. The molecule has 0 N–H and O–H groups in total. The largest absolute Gasteiger partial charge is 0.309 e. The van der Waals surface area contributed by atoms with Crippen LogP contribution in [-0.2, 0) is 5.41 Å². The summed E-state index contributed by atoms with van der Waals surface area (Å²) in [4.78, 5) is 9.31. The van der Waals surface area contributed by atoms with Gasteiger partial charge in [0.25, 0.3) is 0 Å². The van der Waals surface area contributed by atoms with Crippen molar-refractivity contribution in [3.63, 3.8) is 0 Å². The molecule has 218 valence electrons.